The molecule has 9 nitrogen and oxygen atoms in total. The lowest BCUT2D eigenvalue weighted by Crippen LogP contribution is -2.47. The number of carbonyl (C=O) groups excluding carboxylic acids is 1. The molecule has 1 amide bonds. The molecule has 166 valence electrons. The third-order valence-corrected chi connectivity index (χ3v) is 7.85. The number of likely N-dealkylation sites (N-methyl/N-ethyl adjacent to an activating group) is 1. The Morgan fingerprint density at radius 1 is 1.27 bits per heavy atom. The predicted molar refractivity (Wildman–Crippen MR) is 116 cm³/mol. The Morgan fingerprint density at radius 2 is 2.00 bits per heavy atom. The summed E-state index contributed by atoms with van der Waals surface area (Å²) in [4.78, 5) is 18.4. The van der Waals surface area contributed by atoms with Gasteiger partial charge in [-0.2, -0.15) is 4.31 Å². The molecule has 0 saturated carbocycles. The molecule has 3 rings (SSSR count). The van der Waals surface area contributed by atoms with E-state index in [9.17, 15) is 13.2 Å². The van der Waals surface area contributed by atoms with Crippen LogP contribution in [0.25, 0.3) is 10.2 Å². The molecular weight excluding hydrogens is 428 g/mol. The van der Waals surface area contributed by atoms with Crippen molar-refractivity contribution in [3.8, 4) is 5.75 Å². The Balaban J connectivity index is 1.79. The number of nitrogens with one attached hydrogen (secondary N) is 1. The van der Waals surface area contributed by atoms with Crippen LogP contribution in [0.3, 0.4) is 0 Å². The number of amides is 1. The molecule has 0 radical (unpaired) electrons. The zero-order valence-electron chi connectivity index (χ0n) is 17.5. The Hall–Kier alpha value is -1.95. The van der Waals surface area contributed by atoms with Crippen LogP contribution < -0.4 is 10.1 Å². The van der Waals surface area contributed by atoms with Crippen molar-refractivity contribution < 1.29 is 22.7 Å². The molecule has 0 spiro atoms. The van der Waals surface area contributed by atoms with Crippen molar-refractivity contribution in [3.63, 3.8) is 0 Å². The minimum atomic E-state index is -3.69. The minimum Gasteiger partial charge on any atom is -0.495 e. The number of rotatable bonds is 8. The van der Waals surface area contributed by atoms with E-state index in [0.717, 1.165) is 17.5 Å². The normalized spacial score (nSPS) is 16.0. The molecule has 1 aromatic heterocycles. The highest BCUT2D eigenvalue weighted by atomic mass is 32.2. The summed E-state index contributed by atoms with van der Waals surface area (Å²) in [7, 11) is -0.261. The van der Waals surface area contributed by atoms with Gasteiger partial charge in [0.2, 0.25) is 10.0 Å². The zero-order valence-corrected chi connectivity index (χ0v) is 19.1. The predicted octanol–water partition coefficient (Wildman–Crippen LogP) is 2.27. The Morgan fingerprint density at radius 3 is 2.67 bits per heavy atom. The summed E-state index contributed by atoms with van der Waals surface area (Å²) in [5.74, 6) is 0.295. The van der Waals surface area contributed by atoms with Crippen LogP contribution in [0.5, 0.6) is 5.75 Å². The first-order chi connectivity index (χ1) is 14.3. The number of benzene rings is 1. The second kappa shape index (κ2) is 9.90. The van der Waals surface area contributed by atoms with Gasteiger partial charge in [0.15, 0.2) is 0 Å². The summed E-state index contributed by atoms with van der Waals surface area (Å²) in [6.45, 7) is 4.86. The largest absolute Gasteiger partial charge is 0.495 e. The standard InChI is InChI=1S/C19H28N4O5S2/c1-4-5-10-28-19(24)20-13-18-21-14-11-17(15(27-3)12-16(14)29-18)30(25,26)23-8-6-22(2)7-9-23/h11-12H,4-10,13H2,1-3H3,(H,20,24). The maximum absolute atomic E-state index is 13.2. The summed E-state index contributed by atoms with van der Waals surface area (Å²) in [5.41, 5.74) is 0.560. The number of unbranched alkanes of at least 4 members (excludes halogenated alkanes) is 1. The molecule has 0 bridgehead atoms. The van der Waals surface area contributed by atoms with E-state index in [2.05, 4.69) is 15.2 Å². The molecular formula is C19H28N4O5S2. The molecule has 2 aromatic rings. The maximum atomic E-state index is 13.2. The number of fused-ring (bicyclic) bond motifs is 1. The van der Waals surface area contributed by atoms with Crippen molar-refractivity contribution in [1.82, 2.24) is 19.5 Å². The summed E-state index contributed by atoms with van der Waals surface area (Å²) in [6, 6.07) is 3.25. The van der Waals surface area contributed by atoms with Crippen molar-refractivity contribution in [2.24, 2.45) is 0 Å². The molecule has 11 heteroatoms. The molecule has 2 heterocycles. The van der Waals surface area contributed by atoms with E-state index in [-0.39, 0.29) is 11.4 Å². The number of hydrogen-bond acceptors (Lipinski definition) is 8. The highest BCUT2D eigenvalue weighted by Gasteiger charge is 2.31. The number of alkyl carbamates (subject to hydrolysis) is 1. The molecule has 0 aliphatic carbocycles. The molecule has 1 aliphatic rings. The first-order valence-corrected chi connectivity index (χ1v) is 12.2. The van der Waals surface area contributed by atoms with Crippen LogP contribution in [0.15, 0.2) is 17.0 Å². The van der Waals surface area contributed by atoms with Crippen molar-refractivity contribution in [3.05, 3.63) is 17.1 Å². The number of nitrogens with zero attached hydrogens (tertiary/aromatic N) is 3. The lowest BCUT2D eigenvalue weighted by molar-refractivity contribution is 0.144. The average Bonchev–Trinajstić information content (AvgIpc) is 3.13. The number of hydrogen-bond donors (Lipinski definition) is 1. The zero-order chi connectivity index (χ0) is 21.7. The molecule has 1 fully saturated rings. The highest BCUT2D eigenvalue weighted by Crippen LogP contribution is 2.34. The lowest BCUT2D eigenvalue weighted by Gasteiger charge is -2.31. The molecule has 30 heavy (non-hydrogen) atoms. The topological polar surface area (TPSA) is 101 Å². The molecule has 1 aliphatic heterocycles. The molecule has 1 aromatic carbocycles. The van der Waals surface area contributed by atoms with Gasteiger partial charge in [-0.05, 0) is 19.5 Å². The number of ether oxygens (including phenoxy) is 2. The number of piperazine rings is 1. The van der Waals surface area contributed by atoms with E-state index in [1.165, 1.54) is 22.8 Å². The van der Waals surface area contributed by atoms with Gasteiger partial charge in [-0.15, -0.1) is 11.3 Å². The van der Waals surface area contributed by atoms with Crippen LogP contribution >= 0.6 is 11.3 Å². The first kappa shape index (κ1) is 22.7. The number of sulfonamides is 1. The summed E-state index contributed by atoms with van der Waals surface area (Å²) >= 11 is 1.38. The summed E-state index contributed by atoms with van der Waals surface area (Å²) in [6.07, 6.45) is 1.28. The second-order valence-electron chi connectivity index (χ2n) is 7.13. The monoisotopic (exact) mass is 456 g/mol. The van der Waals surface area contributed by atoms with Gasteiger partial charge < -0.3 is 19.7 Å². The number of methoxy groups -OCH3 is 1. The third-order valence-electron chi connectivity index (χ3n) is 4.91. The van der Waals surface area contributed by atoms with Crippen LogP contribution in [0.4, 0.5) is 4.79 Å². The minimum absolute atomic E-state index is 0.117. The summed E-state index contributed by atoms with van der Waals surface area (Å²) < 4.78 is 39.1. The van der Waals surface area contributed by atoms with Crippen molar-refractivity contribution in [2.45, 2.75) is 31.2 Å². The SMILES string of the molecule is CCCCOC(=O)NCc1nc2cc(S(=O)(=O)N3CCN(C)CC3)c(OC)cc2s1. The van der Waals surface area contributed by atoms with Gasteiger partial charge in [-0.1, -0.05) is 13.3 Å². The lowest BCUT2D eigenvalue weighted by atomic mass is 10.3. The van der Waals surface area contributed by atoms with Crippen molar-refractivity contribution in [2.75, 3.05) is 46.9 Å². The van der Waals surface area contributed by atoms with Crippen LogP contribution in [0.2, 0.25) is 0 Å². The smallest absolute Gasteiger partial charge is 0.407 e. The van der Waals surface area contributed by atoms with Gasteiger partial charge in [0.05, 0.1) is 30.5 Å². The number of aromatic nitrogens is 1. The van der Waals surface area contributed by atoms with E-state index < -0.39 is 16.1 Å². The van der Waals surface area contributed by atoms with Crippen LogP contribution in [-0.2, 0) is 21.3 Å². The maximum Gasteiger partial charge on any atom is 0.407 e. The van der Waals surface area contributed by atoms with Gasteiger partial charge >= 0.3 is 6.09 Å². The van der Waals surface area contributed by atoms with Crippen molar-refractivity contribution in [1.29, 1.82) is 0 Å². The van der Waals surface area contributed by atoms with Gasteiger partial charge in [-0.25, -0.2) is 18.2 Å². The fraction of sp³-hybridized carbons (Fsp3) is 0.579. The molecule has 0 atom stereocenters. The van der Waals surface area contributed by atoms with E-state index in [1.54, 1.807) is 12.1 Å². The fourth-order valence-corrected chi connectivity index (χ4v) is 5.59. The highest BCUT2D eigenvalue weighted by molar-refractivity contribution is 7.89. The Kier molecular flexibility index (Phi) is 7.50. The molecule has 1 N–H and O–H groups in total. The van der Waals surface area contributed by atoms with Gasteiger partial charge in [0.25, 0.3) is 0 Å². The van der Waals surface area contributed by atoms with Gasteiger partial charge in [0.1, 0.15) is 15.7 Å². The average molecular weight is 457 g/mol. The van der Waals surface area contributed by atoms with Crippen LogP contribution in [0.1, 0.15) is 24.8 Å². The molecule has 0 unspecified atom stereocenters. The van der Waals surface area contributed by atoms with Gasteiger partial charge in [-0.3, -0.25) is 0 Å². The third kappa shape index (κ3) is 5.20. The van der Waals surface area contributed by atoms with Crippen LogP contribution in [-0.4, -0.2) is 75.6 Å². The van der Waals surface area contributed by atoms with E-state index >= 15 is 0 Å². The number of thiazole rings is 1. The van der Waals surface area contributed by atoms with E-state index in [1.807, 2.05) is 14.0 Å². The van der Waals surface area contributed by atoms with Crippen LogP contribution in [0, 0.1) is 0 Å². The Bertz CT molecular complexity index is 984. The quantitative estimate of drug-likeness (QED) is 0.608. The van der Waals surface area contributed by atoms with E-state index in [0.29, 0.717) is 49.1 Å². The number of carbonyl (C=O) groups is 1. The van der Waals surface area contributed by atoms with E-state index in [4.69, 9.17) is 9.47 Å². The Labute approximate surface area is 181 Å². The van der Waals surface area contributed by atoms with Gasteiger partial charge in [0, 0.05) is 32.2 Å². The fourth-order valence-electron chi connectivity index (χ4n) is 3.10. The first-order valence-electron chi connectivity index (χ1n) is 9.92. The van der Waals surface area contributed by atoms with Crippen molar-refractivity contribution >= 4 is 37.7 Å². The second-order valence-corrected chi connectivity index (χ2v) is 10.2. The molecule has 1 saturated heterocycles. The summed E-state index contributed by atoms with van der Waals surface area (Å²) in [5, 5.41) is 3.33.